The Morgan fingerprint density at radius 1 is 1.12 bits per heavy atom. The number of methoxy groups -OCH3 is 1. The molecule has 0 aliphatic carbocycles. The van der Waals surface area contributed by atoms with E-state index in [0.717, 1.165) is 5.56 Å². The summed E-state index contributed by atoms with van der Waals surface area (Å²) in [6.07, 6.45) is 1.17. The lowest BCUT2D eigenvalue weighted by Crippen LogP contribution is -2.50. The molecule has 0 unspecified atom stereocenters. The molecule has 0 radical (unpaired) electrons. The number of nitrogens with two attached hydrogens (primary N) is 4. The number of carbonyl (C=O) groups is 2. The standard InChI is InChI=1S/C16H26N6O3/c1-25-11-6-4-10(5-7-11)9-13(18)15(24)22-14(23)12(17)3-2-8-21-16(19)20/h4-7,12-13H,2-3,8-9,17-18H2,1H3,(H4,19,20,21)(H,22,23,24)/t12-,13-/m0/s1. The zero-order valence-corrected chi connectivity index (χ0v) is 14.3. The summed E-state index contributed by atoms with van der Waals surface area (Å²) in [4.78, 5) is 27.7. The van der Waals surface area contributed by atoms with E-state index in [1.165, 1.54) is 0 Å². The zero-order chi connectivity index (χ0) is 18.8. The zero-order valence-electron chi connectivity index (χ0n) is 14.3. The maximum absolute atomic E-state index is 12.0. The Labute approximate surface area is 146 Å². The number of imide groups is 1. The van der Waals surface area contributed by atoms with Crippen LogP contribution < -0.4 is 33.0 Å². The van der Waals surface area contributed by atoms with Crippen LogP contribution in [0, 0.1) is 0 Å². The van der Waals surface area contributed by atoms with Crippen LogP contribution in [0.5, 0.6) is 5.75 Å². The highest BCUT2D eigenvalue weighted by molar-refractivity contribution is 5.99. The quantitative estimate of drug-likeness (QED) is 0.207. The predicted molar refractivity (Wildman–Crippen MR) is 95.7 cm³/mol. The van der Waals surface area contributed by atoms with Crippen LogP contribution in [-0.4, -0.2) is 43.5 Å². The van der Waals surface area contributed by atoms with Gasteiger partial charge in [0, 0.05) is 6.54 Å². The van der Waals surface area contributed by atoms with Crippen LogP contribution in [0.25, 0.3) is 0 Å². The molecule has 0 aliphatic heterocycles. The summed E-state index contributed by atoms with van der Waals surface area (Å²) in [6, 6.07) is 5.49. The van der Waals surface area contributed by atoms with E-state index in [2.05, 4.69) is 10.3 Å². The average Bonchev–Trinajstić information content (AvgIpc) is 2.58. The van der Waals surface area contributed by atoms with Gasteiger partial charge in [-0.15, -0.1) is 0 Å². The summed E-state index contributed by atoms with van der Waals surface area (Å²) in [5, 5.41) is 2.23. The molecule has 1 aromatic rings. The second kappa shape index (κ2) is 10.3. The maximum Gasteiger partial charge on any atom is 0.243 e. The molecule has 0 fully saturated rings. The molecule has 138 valence electrons. The third kappa shape index (κ3) is 7.64. The third-order valence-corrected chi connectivity index (χ3v) is 3.50. The molecular formula is C16H26N6O3. The Hall–Kier alpha value is -2.65. The number of hydrogen-bond donors (Lipinski definition) is 5. The van der Waals surface area contributed by atoms with Crippen molar-refractivity contribution in [3.8, 4) is 5.75 Å². The fraction of sp³-hybridized carbons (Fsp3) is 0.438. The number of nitrogens with one attached hydrogen (secondary N) is 1. The minimum Gasteiger partial charge on any atom is -0.497 e. The minimum absolute atomic E-state index is 0.0160. The van der Waals surface area contributed by atoms with Crippen LogP contribution >= 0.6 is 0 Å². The predicted octanol–water partition coefficient (Wildman–Crippen LogP) is -1.41. The van der Waals surface area contributed by atoms with Crippen molar-refractivity contribution in [3.63, 3.8) is 0 Å². The van der Waals surface area contributed by atoms with Gasteiger partial charge < -0.3 is 27.7 Å². The maximum atomic E-state index is 12.0. The van der Waals surface area contributed by atoms with E-state index in [9.17, 15) is 9.59 Å². The average molecular weight is 350 g/mol. The van der Waals surface area contributed by atoms with Crippen molar-refractivity contribution < 1.29 is 14.3 Å². The highest BCUT2D eigenvalue weighted by Gasteiger charge is 2.20. The first-order valence-electron chi connectivity index (χ1n) is 7.87. The van der Waals surface area contributed by atoms with Gasteiger partial charge in [-0.25, -0.2) is 0 Å². The topological polar surface area (TPSA) is 172 Å². The van der Waals surface area contributed by atoms with Crippen molar-refractivity contribution in [2.75, 3.05) is 13.7 Å². The first kappa shape index (κ1) is 20.4. The van der Waals surface area contributed by atoms with Crippen LogP contribution in [0.4, 0.5) is 0 Å². The lowest BCUT2D eigenvalue weighted by atomic mass is 10.1. The first-order valence-corrected chi connectivity index (χ1v) is 7.87. The van der Waals surface area contributed by atoms with Crippen LogP contribution in [0.2, 0.25) is 0 Å². The Bertz CT molecular complexity index is 598. The van der Waals surface area contributed by atoms with Gasteiger partial charge in [-0.2, -0.15) is 0 Å². The number of benzene rings is 1. The summed E-state index contributed by atoms with van der Waals surface area (Å²) >= 11 is 0. The molecule has 9 N–H and O–H groups in total. The summed E-state index contributed by atoms with van der Waals surface area (Å²) in [6.45, 7) is 0.369. The molecule has 1 rings (SSSR count). The van der Waals surface area contributed by atoms with Crippen LogP contribution in [0.3, 0.4) is 0 Å². The fourth-order valence-corrected chi connectivity index (χ4v) is 2.07. The Kier molecular flexibility index (Phi) is 8.37. The number of hydrogen-bond acceptors (Lipinski definition) is 6. The molecule has 2 atom stereocenters. The van der Waals surface area contributed by atoms with Gasteiger partial charge in [0.2, 0.25) is 11.8 Å². The monoisotopic (exact) mass is 350 g/mol. The number of carbonyl (C=O) groups excluding carboxylic acids is 2. The van der Waals surface area contributed by atoms with Crippen molar-refractivity contribution >= 4 is 17.8 Å². The summed E-state index contributed by atoms with van der Waals surface area (Å²) in [5.74, 6) is -0.443. The van der Waals surface area contributed by atoms with Crippen LogP contribution in [0.1, 0.15) is 18.4 Å². The summed E-state index contributed by atoms with van der Waals surface area (Å²) in [7, 11) is 1.57. The lowest BCUT2D eigenvalue weighted by molar-refractivity contribution is -0.132. The number of nitrogens with zero attached hydrogens (tertiary/aromatic N) is 1. The molecule has 0 saturated carbocycles. The van der Waals surface area contributed by atoms with Crippen LogP contribution in [0.15, 0.2) is 29.3 Å². The number of amides is 2. The Morgan fingerprint density at radius 3 is 2.28 bits per heavy atom. The van der Waals surface area contributed by atoms with Gasteiger partial charge in [-0.1, -0.05) is 12.1 Å². The second-order valence-electron chi connectivity index (χ2n) is 5.57. The normalized spacial score (nSPS) is 12.8. The molecule has 0 aliphatic rings. The molecule has 0 heterocycles. The molecule has 0 saturated heterocycles. The summed E-state index contributed by atoms with van der Waals surface area (Å²) in [5.41, 5.74) is 22.8. The Balaban J connectivity index is 2.42. The molecule has 9 nitrogen and oxygen atoms in total. The molecule has 25 heavy (non-hydrogen) atoms. The van der Waals surface area contributed by atoms with Crippen molar-refractivity contribution in [2.45, 2.75) is 31.3 Å². The molecule has 2 amide bonds. The van der Waals surface area contributed by atoms with Gasteiger partial charge in [0.25, 0.3) is 0 Å². The van der Waals surface area contributed by atoms with E-state index in [0.29, 0.717) is 31.6 Å². The van der Waals surface area contributed by atoms with Gasteiger partial charge in [-0.3, -0.25) is 19.9 Å². The van der Waals surface area contributed by atoms with E-state index in [4.69, 9.17) is 27.7 Å². The highest BCUT2D eigenvalue weighted by Crippen LogP contribution is 2.12. The molecule has 0 spiro atoms. The van der Waals surface area contributed by atoms with Crippen molar-refractivity contribution in [1.82, 2.24) is 5.32 Å². The number of ether oxygens (including phenoxy) is 1. The molecule has 0 bridgehead atoms. The van der Waals surface area contributed by atoms with Gasteiger partial charge in [0.1, 0.15) is 5.75 Å². The van der Waals surface area contributed by atoms with Crippen molar-refractivity contribution in [3.05, 3.63) is 29.8 Å². The summed E-state index contributed by atoms with van der Waals surface area (Å²) < 4.78 is 5.06. The van der Waals surface area contributed by atoms with Gasteiger partial charge >= 0.3 is 0 Å². The largest absolute Gasteiger partial charge is 0.497 e. The van der Waals surface area contributed by atoms with E-state index in [1.807, 2.05) is 12.1 Å². The lowest BCUT2D eigenvalue weighted by Gasteiger charge is -2.14. The number of guanidine groups is 1. The van der Waals surface area contributed by atoms with E-state index in [-0.39, 0.29) is 5.96 Å². The molecule has 0 aromatic heterocycles. The highest BCUT2D eigenvalue weighted by atomic mass is 16.5. The third-order valence-electron chi connectivity index (χ3n) is 3.50. The Morgan fingerprint density at radius 2 is 1.72 bits per heavy atom. The SMILES string of the molecule is COc1ccc(C[C@H](N)C(=O)NC(=O)[C@@H](N)CCCN=C(N)N)cc1. The molecule has 9 heteroatoms. The van der Waals surface area contributed by atoms with Gasteiger partial charge in [-0.05, 0) is 37.0 Å². The second-order valence-corrected chi connectivity index (χ2v) is 5.57. The minimum atomic E-state index is -0.855. The number of aliphatic imine (C=N–C) groups is 1. The van der Waals surface area contributed by atoms with Crippen molar-refractivity contribution in [2.24, 2.45) is 27.9 Å². The van der Waals surface area contributed by atoms with E-state index in [1.54, 1.807) is 19.2 Å². The van der Waals surface area contributed by atoms with Gasteiger partial charge in [0.05, 0.1) is 19.2 Å². The fourth-order valence-electron chi connectivity index (χ4n) is 2.07. The van der Waals surface area contributed by atoms with Crippen molar-refractivity contribution in [1.29, 1.82) is 0 Å². The van der Waals surface area contributed by atoms with E-state index >= 15 is 0 Å². The first-order chi connectivity index (χ1) is 11.8. The smallest absolute Gasteiger partial charge is 0.243 e. The molecular weight excluding hydrogens is 324 g/mol. The van der Waals surface area contributed by atoms with Gasteiger partial charge in [0.15, 0.2) is 5.96 Å². The molecule has 1 aromatic carbocycles. The number of rotatable bonds is 9. The van der Waals surface area contributed by atoms with Crippen LogP contribution in [-0.2, 0) is 16.0 Å². The van der Waals surface area contributed by atoms with E-state index < -0.39 is 23.9 Å².